The lowest BCUT2D eigenvalue weighted by atomic mass is 10.1. The predicted octanol–water partition coefficient (Wildman–Crippen LogP) is 3.93. The summed E-state index contributed by atoms with van der Waals surface area (Å²) in [5.41, 5.74) is 1.64. The highest BCUT2D eigenvalue weighted by Crippen LogP contribution is 2.35. The van der Waals surface area contributed by atoms with Crippen LogP contribution in [0.3, 0.4) is 0 Å². The number of rotatable bonds is 2. The Morgan fingerprint density at radius 1 is 1.09 bits per heavy atom. The van der Waals surface area contributed by atoms with Crippen LogP contribution in [0.25, 0.3) is 0 Å². The minimum Gasteiger partial charge on any atom is -0.347 e. The summed E-state index contributed by atoms with van der Waals surface area (Å²) in [6, 6.07) is 13.8. The van der Waals surface area contributed by atoms with Gasteiger partial charge in [-0.25, -0.2) is 4.39 Å². The van der Waals surface area contributed by atoms with Gasteiger partial charge < -0.3 is 9.47 Å². The molecule has 1 aliphatic heterocycles. The number of hydrogen-bond acceptors (Lipinski definition) is 2. The summed E-state index contributed by atoms with van der Waals surface area (Å²) in [4.78, 5) is 16.0. The second-order valence-electron chi connectivity index (χ2n) is 5.55. The lowest BCUT2D eigenvalue weighted by molar-refractivity contribution is 0.0667. The average molecular weight is 326 g/mol. The first-order valence-electron chi connectivity index (χ1n) is 7.49. The van der Waals surface area contributed by atoms with E-state index >= 15 is 0 Å². The number of carbonyl (C=O) groups is 1. The van der Waals surface area contributed by atoms with Crippen molar-refractivity contribution < 1.29 is 9.18 Å². The largest absolute Gasteiger partial charge is 0.347 e. The molecule has 0 unspecified atom stereocenters. The third-order valence-electron chi connectivity index (χ3n) is 4.20. The normalized spacial score (nSPS) is 17.1. The van der Waals surface area contributed by atoms with Crippen molar-refractivity contribution in [1.29, 1.82) is 0 Å². The van der Waals surface area contributed by atoms with E-state index < -0.39 is 0 Å². The molecule has 1 atom stereocenters. The predicted molar refractivity (Wildman–Crippen MR) is 88.0 cm³/mol. The Morgan fingerprint density at radius 2 is 1.91 bits per heavy atom. The fraction of sp³-hybridized carbons (Fsp3) is 0.167. The molecule has 5 heteroatoms. The lowest BCUT2D eigenvalue weighted by Gasteiger charge is -2.36. The van der Waals surface area contributed by atoms with E-state index in [1.807, 2.05) is 22.4 Å². The summed E-state index contributed by atoms with van der Waals surface area (Å²) in [6.45, 7) is 1.41. The molecule has 3 nitrogen and oxygen atoms in total. The summed E-state index contributed by atoms with van der Waals surface area (Å²) in [7, 11) is 0. The van der Waals surface area contributed by atoms with Gasteiger partial charge in [0.15, 0.2) is 0 Å². The van der Waals surface area contributed by atoms with Crippen molar-refractivity contribution in [2.75, 3.05) is 6.54 Å². The van der Waals surface area contributed by atoms with Crippen LogP contribution >= 0.6 is 11.3 Å². The second-order valence-corrected chi connectivity index (χ2v) is 6.53. The van der Waals surface area contributed by atoms with Gasteiger partial charge in [-0.3, -0.25) is 4.79 Å². The van der Waals surface area contributed by atoms with Crippen LogP contribution in [0.2, 0.25) is 0 Å². The molecular weight excluding hydrogens is 311 g/mol. The van der Waals surface area contributed by atoms with Crippen molar-refractivity contribution in [3.63, 3.8) is 0 Å². The maximum Gasteiger partial charge on any atom is 0.254 e. The summed E-state index contributed by atoms with van der Waals surface area (Å²) < 4.78 is 15.3. The van der Waals surface area contributed by atoms with Gasteiger partial charge >= 0.3 is 0 Å². The Hall–Kier alpha value is -2.40. The summed E-state index contributed by atoms with van der Waals surface area (Å²) >= 11 is 1.65. The summed E-state index contributed by atoms with van der Waals surface area (Å²) in [6.07, 6.45) is 2.05. The summed E-state index contributed by atoms with van der Waals surface area (Å²) in [5.74, 6) is -0.389. The van der Waals surface area contributed by atoms with E-state index in [4.69, 9.17) is 0 Å². The molecule has 0 aliphatic carbocycles. The number of amides is 1. The first-order chi connectivity index (χ1) is 11.2. The van der Waals surface area contributed by atoms with Crippen molar-refractivity contribution in [2.24, 2.45) is 0 Å². The monoisotopic (exact) mass is 326 g/mol. The number of hydrogen-bond donors (Lipinski definition) is 0. The molecule has 1 aromatic carbocycles. The van der Waals surface area contributed by atoms with Crippen LogP contribution in [-0.2, 0) is 6.54 Å². The van der Waals surface area contributed by atoms with E-state index in [1.54, 1.807) is 23.5 Å². The van der Waals surface area contributed by atoms with Crippen LogP contribution < -0.4 is 0 Å². The van der Waals surface area contributed by atoms with E-state index in [0.29, 0.717) is 12.1 Å². The smallest absolute Gasteiger partial charge is 0.254 e. The van der Waals surface area contributed by atoms with Crippen LogP contribution in [0.4, 0.5) is 4.39 Å². The zero-order valence-corrected chi connectivity index (χ0v) is 13.2. The number of fused-ring (bicyclic) bond motifs is 1. The molecule has 4 rings (SSSR count). The van der Waals surface area contributed by atoms with Crippen molar-refractivity contribution in [1.82, 2.24) is 9.47 Å². The van der Waals surface area contributed by atoms with Gasteiger partial charge in [-0.2, -0.15) is 0 Å². The Kier molecular flexibility index (Phi) is 3.50. The molecule has 0 N–H and O–H groups in total. The van der Waals surface area contributed by atoms with Crippen molar-refractivity contribution >= 4 is 17.2 Å². The highest BCUT2D eigenvalue weighted by atomic mass is 32.1. The summed E-state index contributed by atoms with van der Waals surface area (Å²) in [5, 5.41) is 2.03. The molecule has 0 fully saturated rings. The number of benzene rings is 1. The Balaban J connectivity index is 1.75. The molecule has 0 bridgehead atoms. The Bertz CT molecular complexity index is 823. The molecule has 0 saturated heterocycles. The van der Waals surface area contributed by atoms with Gasteiger partial charge in [0.05, 0.1) is 0 Å². The maximum atomic E-state index is 13.1. The molecule has 1 aliphatic rings. The molecule has 3 heterocycles. The van der Waals surface area contributed by atoms with Crippen molar-refractivity contribution in [3.05, 3.63) is 82.1 Å². The van der Waals surface area contributed by atoms with Gasteiger partial charge in [0, 0.05) is 35.4 Å². The minimum absolute atomic E-state index is 0.0594. The third kappa shape index (κ3) is 2.47. The quantitative estimate of drug-likeness (QED) is 0.700. The highest BCUT2D eigenvalue weighted by Gasteiger charge is 2.33. The SMILES string of the molecule is O=C(c1ccc(F)cc1)N1CCn2cccc2[C@@H]1c1cccs1. The van der Waals surface area contributed by atoms with Gasteiger partial charge in [0.25, 0.3) is 5.91 Å². The van der Waals surface area contributed by atoms with E-state index in [1.165, 1.54) is 12.1 Å². The van der Waals surface area contributed by atoms with Crippen LogP contribution in [0.15, 0.2) is 60.1 Å². The van der Waals surface area contributed by atoms with Crippen LogP contribution in [0, 0.1) is 5.82 Å². The van der Waals surface area contributed by atoms with Gasteiger partial charge in [-0.05, 0) is 47.8 Å². The zero-order valence-electron chi connectivity index (χ0n) is 12.4. The molecule has 23 heavy (non-hydrogen) atoms. The van der Waals surface area contributed by atoms with Crippen LogP contribution in [0.1, 0.15) is 27.0 Å². The van der Waals surface area contributed by atoms with E-state index in [-0.39, 0.29) is 17.8 Å². The number of carbonyl (C=O) groups excluding carboxylic acids is 1. The van der Waals surface area contributed by atoms with Gasteiger partial charge in [0.1, 0.15) is 11.9 Å². The molecule has 1 amide bonds. The van der Waals surface area contributed by atoms with E-state index in [9.17, 15) is 9.18 Å². The number of aromatic nitrogens is 1. The molecule has 0 saturated carbocycles. The fourth-order valence-corrected chi connectivity index (χ4v) is 3.95. The van der Waals surface area contributed by atoms with Crippen molar-refractivity contribution in [3.8, 4) is 0 Å². The first kappa shape index (κ1) is 14.2. The van der Waals surface area contributed by atoms with Gasteiger partial charge in [-0.1, -0.05) is 6.07 Å². The zero-order chi connectivity index (χ0) is 15.8. The van der Waals surface area contributed by atoms with Gasteiger partial charge in [0.2, 0.25) is 0 Å². The second kappa shape index (κ2) is 5.66. The number of thiophene rings is 1. The van der Waals surface area contributed by atoms with Crippen LogP contribution in [0.5, 0.6) is 0 Å². The molecule has 116 valence electrons. The molecule has 2 aromatic heterocycles. The molecule has 0 spiro atoms. The topological polar surface area (TPSA) is 25.2 Å². The highest BCUT2D eigenvalue weighted by molar-refractivity contribution is 7.10. The Labute approximate surface area is 137 Å². The molecule has 0 radical (unpaired) electrons. The Morgan fingerprint density at radius 3 is 2.65 bits per heavy atom. The fourth-order valence-electron chi connectivity index (χ4n) is 3.11. The molecule has 3 aromatic rings. The molecular formula is C18H15FN2OS. The van der Waals surface area contributed by atoms with Gasteiger partial charge in [-0.15, -0.1) is 11.3 Å². The van der Waals surface area contributed by atoms with E-state index in [2.05, 4.69) is 22.9 Å². The first-order valence-corrected chi connectivity index (χ1v) is 8.37. The van der Waals surface area contributed by atoms with Crippen molar-refractivity contribution in [2.45, 2.75) is 12.6 Å². The maximum absolute atomic E-state index is 13.1. The third-order valence-corrected chi connectivity index (χ3v) is 5.13. The van der Waals surface area contributed by atoms with Crippen LogP contribution in [-0.4, -0.2) is 21.9 Å². The average Bonchev–Trinajstić information content (AvgIpc) is 3.25. The minimum atomic E-state index is -0.330. The standard InChI is InChI=1S/C18H15FN2OS/c19-14-7-5-13(6-8-14)18(22)21-11-10-20-9-1-3-15(20)17(21)16-4-2-12-23-16/h1-9,12,17H,10-11H2/t17-/m1/s1. The van der Waals surface area contributed by atoms with E-state index in [0.717, 1.165) is 17.1 Å². The number of halogens is 1. The number of nitrogens with zero attached hydrogens (tertiary/aromatic N) is 2. The lowest BCUT2D eigenvalue weighted by Crippen LogP contribution is -2.42.